The van der Waals surface area contributed by atoms with E-state index in [0.29, 0.717) is 31.4 Å². The van der Waals surface area contributed by atoms with Gasteiger partial charge in [0.25, 0.3) is 5.91 Å². The number of nitrogens with zero attached hydrogens (tertiary/aromatic N) is 2. The maximum atomic E-state index is 13.1. The van der Waals surface area contributed by atoms with Crippen LogP contribution in [0.2, 0.25) is 0 Å². The number of amides is 2. The summed E-state index contributed by atoms with van der Waals surface area (Å²) in [6, 6.07) is 9.67. The number of carbonyl (C=O) groups is 2. The van der Waals surface area contributed by atoms with Gasteiger partial charge in [-0.1, -0.05) is 30.3 Å². The van der Waals surface area contributed by atoms with Crippen molar-refractivity contribution in [3.63, 3.8) is 0 Å². The second-order valence-corrected chi connectivity index (χ2v) is 9.04. The van der Waals surface area contributed by atoms with Gasteiger partial charge in [-0.2, -0.15) is 26.3 Å². The van der Waals surface area contributed by atoms with E-state index in [9.17, 15) is 35.9 Å². The van der Waals surface area contributed by atoms with E-state index >= 15 is 0 Å². The van der Waals surface area contributed by atoms with Gasteiger partial charge >= 0.3 is 12.4 Å². The SMILES string of the molecule is CN(C)[C@H](Cc1ccccc1)C(=O)NC1CCN(C(=O)c2cc(C(F)(F)F)cc(C(F)(F)F)c2)CC1. The molecule has 1 aliphatic rings. The number of likely N-dealkylation sites (tertiary alicyclic amines) is 1. The molecule has 1 heterocycles. The molecule has 2 amide bonds. The third kappa shape index (κ3) is 6.99. The molecule has 2 aromatic rings. The average Bonchev–Trinajstić information content (AvgIpc) is 2.81. The Bertz CT molecular complexity index is 1030. The molecule has 0 unspecified atom stereocenters. The van der Waals surface area contributed by atoms with Gasteiger partial charge in [-0.15, -0.1) is 0 Å². The second-order valence-electron chi connectivity index (χ2n) is 9.04. The monoisotopic (exact) mass is 515 g/mol. The molecule has 3 rings (SSSR count). The topological polar surface area (TPSA) is 52.7 Å². The fourth-order valence-electron chi connectivity index (χ4n) is 4.13. The molecule has 0 radical (unpaired) electrons. The lowest BCUT2D eigenvalue weighted by Gasteiger charge is -2.34. The van der Waals surface area contributed by atoms with Crippen LogP contribution < -0.4 is 5.32 Å². The summed E-state index contributed by atoms with van der Waals surface area (Å²) in [5, 5.41) is 2.96. The Labute approximate surface area is 205 Å². The van der Waals surface area contributed by atoms with E-state index in [4.69, 9.17) is 0 Å². The summed E-state index contributed by atoms with van der Waals surface area (Å²) >= 11 is 0. The Balaban J connectivity index is 1.65. The molecule has 1 atom stereocenters. The third-order valence-electron chi connectivity index (χ3n) is 6.16. The number of piperidine rings is 1. The van der Waals surface area contributed by atoms with Crippen LogP contribution in [-0.4, -0.2) is 60.9 Å². The molecule has 11 heteroatoms. The molecule has 0 aromatic heterocycles. The van der Waals surface area contributed by atoms with Gasteiger partial charge in [0.1, 0.15) is 0 Å². The maximum absolute atomic E-state index is 13.1. The number of likely N-dealkylation sites (N-methyl/N-ethyl adjacent to an activating group) is 1. The number of hydrogen-bond donors (Lipinski definition) is 1. The van der Waals surface area contributed by atoms with Crippen molar-refractivity contribution < 1.29 is 35.9 Å². The lowest BCUT2D eigenvalue weighted by atomic mass is 10.00. The molecule has 5 nitrogen and oxygen atoms in total. The van der Waals surface area contributed by atoms with Crippen LogP contribution in [0.1, 0.15) is 39.9 Å². The molecule has 1 fully saturated rings. The van der Waals surface area contributed by atoms with Crippen molar-refractivity contribution in [3.05, 3.63) is 70.8 Å². The van der Waals surface area contributed by atoms with Gasteiger partial charge in [-0.3, -0.25) is 14.5 Å². The highest BCUT2D eigenvalue weighted by molar-refractivity contribution is 5.94. The van der Waals surface area contributed by atoms with E-state index < -0.39 is 41.0 Å². The fourth-order valence-corrected chi connectivity index (χ4v) is 4.13. The molecule has 0 bridgehead atoms. The number of halogens is 6. The van der Waals surface area contributed by atoms with Gasteiger partial charge in [0, 0.05) is 24.7 Å². The summed E-state index contributed by atoms with van der Waals surface area (Å²) in [4.78, 5) is 28.7. The predicted octanol–water partition coefficient (Wildman–Crippen LogP) is 4.62. The van der Waals surface area contributed by atoms with Crippen molar-refractivity contribution in [2.24, 2.45) is 0 Å². The molecule has 0 saturated carbocycles. The lowest BCUT2D eigenvalue weighted by molar-refractivity contribution is -0.143. The second kappa shape index (κ2) is 10.9. The Kier molecular flexibility index (Phi) is 8.33. The first-order valence-corrected chi connectivity index (χ1v) is 11.3. The summed E-state index contributed by atoms with van der Waals surface area (Å²) in [5.74, 6) is -1.10. The van der Waals surface area contributed by atoms with Crippen LogP contribution in [0.25, 0.3) is 0 Å². The quantitative estimate of drug-likeness (QED) is 0.572. The molecule has 1 N–H and O–H groups in total. The van der Waals surface area contributed by atoms with Gasteiger partial charge in [0.2, 0.25) is 5.91 Å². The molecule has 1 saturated heterocycles. The van der Waals surface area contributed by atoms with Crippen molar-refractivity contribution in [1.29, 1.82) is 0 Å². The zero-order chi connectivity index (χ0) is 26.7. The predicted molar refractivity (Wildman–Crippen MR) is 121 cm³/mol. The third-order valence-corrected chi connectivity index (χ3v) is 6.16. The number of carbonyl (C=O) groups excluding carboxylic acids is 2. The van der Waals surface area contributed by atoms with Crippen LogP contribution in [-0.2, 0) is 23.6 Å². The van der Waals surface area contributed by atoms with Crippen LogP contribution in [0.15, 0.2) is 48.5 Å². The highest BCUT2D eigenvalue weighted by Gasteiger charge is 2.38. The minimum absolute atomic E-state index is 0.00480. The van der Waals surface area contributed by atoms with Crippen molar-refractivity contribution in [1.82, 2.24) is 15.1 Å². The highest BCUT2D eigenvalue weighted by Crippen LogP contribution is 2.36. The number of alkyl halides is 6. The van der Waals surface area contributed by atoms with Gasteiger partial charge in [0.05, 0.1) is 17.2 Å². The summed E-state index contributed by atoms with van der Waals surface area (Å²) < 4.78 is 78.8. The van der Waals surface area contributed by atoms with Gasteiger partial charge in [-0.05, 0) is 57.1 Å². The summed E-state index contributed by atoms with van der Waals surface area (Å²) in [5.41, 5.74) is -2.74. The summed E-state index contributed by atoms with van der Waals surface area (Å²) in [6.07, 6.45) is -8.91. The number of nitrogens with one attached hydrogen (secondary N) is 1. The molecular weight excluding hydrogens is 488 g/mol. The zero-order valence-electron chi connectivity index (χ0n) is 19.8. The molecular formula is C25H27F6N3O2. The lowest BCUT2D eigenvalue weighted by Crippen LogP contribution is -2.52. The standard InChI is InChI=1S/C25H27F6N3O2/c1-33(2)21(12-16-6-4-3-5-7-16)22(35)32-20-8-10-34(11-9-20)23(36)17-13-18(24(26,27)28)15-19(14-17)25(29,30)31/h3-7,13-15,20-21H,8-12H2,1-2H3,(H,32,35)/t21-/m1/s1. The van der Waals surface area contributed by atoms with Crippen LogP contribution in [0, 0.1) is 0 Å². The van der Waals surface area contributed by atoms with Crippen molar-refractivity contribution in [3.8, 4) is 0 Å². The first-order chi connectivity index (χ1) is 16.8. The molecule has 2 aromatic carbocycles. The largest absolute Gasteiger partial charge is 0.416 e. The zero-order valence-corrected chi connectivity index (χ0v) is 19.8. The van der Waals surface area contributed by atoms with E-state index in [-0.39, 0.29) is 31.1 Å². The minimum atomic E-state index is -5.03. The summed E-state index contributed by atoms with van der Waals surface area (Å²) in [6.45, 7) is 0.180. The molecule has 196 valence electrons. The van der Waals surface area contributed by atoms with Gasteiger partial charge in [-0.25, -0.2) is 0 Å². The van der Waals surface area contributed by atoms with Crippen molar-refractivity contribution in [2.75, 3.05) is 27.2 Å². The number of benzene rings is 2. The fraction of sp³-hybridized carbons (Fsp3) is 0.440. The average molecular weight is 515 g/mol. The Morgan fingerprint density at radius 1 is 0.944 bits per heavy atom. The van der Waals surface area contributed by atoms with E-state index in [2.05, 4.69) is 5.32 Å². The minimum Gasteiger partial charge on any atom is -0.352 e. The first kappa shape index (κ1) is 27.5. The molecule has 1 aliphatic heterocycles. The van der Waals surface area contributed by atoms with E-state index in [1.54, 1.807) is 19.0 Å². The van der Waals surface area contributed by atoms with Crippen LogP contribution >= 0.6 is 0 Å². The van der Waals surface area contributed by atoms with Gasteiger partial charge in [0.15, 0.2) is 0 Å². The van der Waals surface area contributed by atoms with Crippen LogP contribution in [0.5, 0.6) is 0 Å². The highest BCUT2D eigenvalue weighted by atomic mass is 19.4. The van der Waals surface area contributed by atoms with E-state index in [1.165, 1.54) is 4.90 Å². The van der Waals surface area contributed by atoms with Crippen molar-refractivity contribution >= 4 is 11.8 Å². The van der Waals surface area contributed by atoms with Crippen molar-refractivity contribution in [2.45, 2.75) is 43.7 Å². The van der Waals surface area contributed by atoms with E-state index in [0.717, 1.165) is 5.56 Å². The summed E-state index contributed by atoms with van der Waals surface area (Å²) in [7, 11) is 3.58. The maximum Gasteiger partial charge on any atom is 0.416 e. The van der Waals surface area contributed by atoms with Crippen LogP contribution in [0.3, 0.4) is 0 Å². The molecule has 36 heavy (non-hydrogen) atoms. The Hall–Kier alpha value is -3.08. The van der Waals surface area contributed by atoms with E-state index in [1.807, 2.05) is 30.3 Å². The number of hydrogen-bond acceptors (Lipinski definition) is 3. The van der Waals surface area contributed by atoms with Gasteiger partial charge < -0.3 is 10.2 Å². The molecule has 0 spiro atoms. The number of rotatable bonds is 6. The smallest absolute Gasteiger partial charge is 0.352 e. The first-order valence-electron chi connectivity index (χ1n) is 11.3. The molecule has 0 aliphatic carbocycles. The Morgan fingerprint density at radius 2 is 1.47 bits per heavy atom. The van der Waals surface area contributed by atoms with Crippen LogP contribution in [0.4, 0.5) is 26.3 Å². The normalized spacial score (nSPS) is 16.2. The Morgan fingerprint density at radius 3 is 1.94 bits per heavy atom.